The average Bonchev–Trinajstić information content (AvgIpc) is 3.42. The van der Waals surface area contributed by atoms with Gasteiger partial charge in [-0.15, -0.1) is 11.3 Å². The van der Waals surface area contributed by atoms with Crippen LogP contribution in [0.3, 0.4) is 0 Å². The number of rotatable bonds is 5. The number of aromatic nitrogens is 5. The van der Waals surface area contributed by atoms with Gasteiger partial charge in [-0.05, 0) is 29.8 Å². The molecule has 0 amide bonds. The summed E-state index contributed by atoms with van der Waals surface area (Å²) in [4.78, 5) is 29.0. The van der Waals surface area contributed by atoms with Crippen molar-refractivity contribution >= 4 is 21.6 Å². The second-order valence-electron chi connectivity index (χ2n) is 6.74. The van der Waals surface area contributed by atoms with E-state index >= 15 is 0 Å². The number of H-pyrrole nitrogens is 1. The van der Waals surface area contributed by atoms with Crippen molar-refractivity contribution in [1.82, 2.24) is 24.5 Å². The van der Waals surface area contributed by atoms with E-state index in [4.69, 9.17) is 9.72 Å². The number of nitrogens with zero attached hydrogens (tertiary/aromatic N) is 4. The number of fused-ring (bicyclic) bond motifs is 1. The molecule has 0 spiro atoms. The molecule has 5 rings (SSSR count). The summed E-state index contributed by atoms with van der Waals surface area (Å²) in [7, 11) is 1.65. The molecule has 0 saturated carbocycles. The Labute approximate surface area is 175 Å². The van der Waals surface area contributed by atoms with Crippen LogP contribution in [0, 0.1) is 0 Å². The molecule has 0 fully saturated rings. The van der Waals surface area contributed by atoms with Crippen LogP contribution in [-0.2, 0) is 6.54 Å². The van der Waals surface area contributed by atoms with E-state index in [0.29, 0.717) is 28.3 Å². The third-order valence-electron chi connectivity index (χ3n) is 4.77. The number of hydrogen-bond donors (Lipinski definition) is 1. The Morgan fingerprint density at radius 2 is 1.97 bits per heavy atom. The van der Waals surface area contributed by atoms with Crippen molar-refractivity contribution in [2.75, 3.05) is 7.11 Å². The van der Waals surface area contributed by atoms with Crippen LogP contribution in [0.5, 0.6) is 5.75 Å². The van der Waals surface area contributed by atoms with Crippen molar-refractivity contribution in [2.45, 2.75) is 6.54 Å². The molecule has 30 heavy (non-hydrogen) atoms. The molecular weight excluding hydrogens is 398 g/mol. The van der Waals surface area contributed by atoms with Gasteiger partial charge in [0, 0.05) is 29.9 Å². The fourth-order valence-electron chi connectivity index (χ4n) is 3.26. The van der Waals surface area contributed by atoms with Crippen molar-refractivity contribution < 1.29 is 4.74 Å². The summed E-state index contributed by atoms with van der Waals surface area (Å²) in [6, 6.07) is 13.6. The molecule has 0 saturated heterocycles. The number of ether oxygens (including phenoxy) is 1. The molecule has 0 aliphatic rings. The van der Waals surface area contributed by atoms with Gasteiger partial charge < -0.3 is 14.3 Å². The topological polar surface area (TPSA) is 85.7 Å². The smallest absolute Gasteiger partial charge is 0.269 e. The van der Waals surface area contributed by atoms with Crippen LogP contribution in [-0.4, -0.2) is 31.6 Å². The third-order valence-corrected chi connectivity index (χ3v) is 5.74. The first-order chi connectivity index (χ1) is 14.7. The van der Waals surface area contributed by atoms with Gasteiger partial charge in [-0.1, -0.05) is 18.2 Å². The number of methoxy groups -OCH3 is 1. The highest BCUT2D eigenvalue weighted by Gasteiger charge is 2.15. The van der Waals surface area contributed by atoms with Gasteiger partial charge >= 0.3 is 0 Å². The number of thiophene rings is 1. The summed E-state index contributed by atoms with van der Waals surface area (Å²) in [5, 5.41) is 1.92. The first kappa shape index (κ1) is 18.3. The summed E-state index contributed by atoms with van der Waals surface area (Å²) >= 11 is 1.37. The van der Waals surface area contributed by atoms with Gasteiger partial charge in [0.15, 0.2) is 5.82 Å². The lowest BCUT2D eigenvalue weighted by Crippen LogP contribution is -2.08. The Kier molecular flexibility index (Phi) is 4.61. The van der Waals surface area contributed by atoms with Crippen LogP contribution in [0.4, 0.5) is 0 Å². The Morgan fingerprint density at radius 1 is 1.10 bits per heavy atom. The summed E-state index contributed by atoms with van der Waals surface area (Å²) < 4.78 is 7.73. The van der Waals surface area contributed by atoms with Crippen molar-refractivity contribution in [1.29, 1.82) is 0 Å². The van der Waals surface area contributed by atoms with Crippen LogP contribution in [0.15, 0.2) is 71.4 Å². The summed E-state index contributed by atoms with van der Waals surface area (Å²) in [5.41, 5.74) is 3.83. The van der Waals surface area contributed by atoms with Gasteiger partial charge in [-0.2, -0.15) is 0 Å². The number of pyridine rings is 1. The first-order valence-electron chi connectivity index (χ1n) is 9.29. The lowest BCUT2D eigenvalue weighted by atomic mass is 10.2. The van der Waals surface area contributed by atoms with E-state index in [0.717, 1.165) is 22.6 Å². The zero-order valence-electron chi connectivity index (χ0n) is 16.1. The Hall–Kier alpha value is -3.78. The molecule has 0 unspecified atom stereocenters. The fraction of sp³-hybridized carbons (Fsp3) is 0.0909. The van der Waals surface area contributed by atoms with Gasteiger partial charge in [-0.25, -0.2) is 9.97 Å². The summed E-state index contributed by atoms with van der Waals surface area (Å²) in [5.74, 6) is 1.26. The number of hydrogen-bond acceptors (Lipinski definition) is 6. The molecule has 5 aromatic rings. The van der Waals surface area contributed by atoms with Gasteiger partial charge in [0.25, 0.3) is 5.56 Å². The molecule has 1 N–H and O–H groups in total. The largest absolute Gasteiger partial charge is 0.497 e. The zero-order valence-corrected chi connectivity index (χ0v) is 16.9. The molecule has 148 valence electrons. The summed E-state index contributed by atoms with van der Waals surface area (Å²) in [6.07, 6.45) is 5.34. The lowest BCUT2D eigenvalue weighted by molar-refractivity contribution is 0.414. The van der Waals surface area contributed by atoms with Crippen LogP contribution >= 0.6 is 11.3 Å². The quantitative estimate of drug-likeness (QED) is 0.469. The zero-order chi connectivity index (χ0) is 20.5. The Bertz CT molecular complexity index is 1370. The summed E-state index contributed by atoms with van der Waals surface area (Å²) in [6.45, 7) is 0.654. The number of nitrogens with one attached hydrogen (secondary N) is 1. The highest BCUT2D eigenvalue weighted by Crippen LogP contribution is 2.30. The van der Waals surface area contributed by atoms with Crippen LogP contribution < -0.4 is 10.3 Å². The highest BCUT2D eigenvalue weighted by molar-refractivity contribution is 7.17. The fourth-order valence-corrected chi connectivity index (χ4v) is 4.16. The van der Waals surface area contributed by atoms with Crippen LogP contribution in [0.2, 0.25) is 0 Å². The number of aromatic amines is 1. The van der Waals surface area contributed by atoms with E-state index in [-0.39, 0.29) is 5.56 Å². The second kappa shape index (κ2) is 7.57. The Morgan fingerprint density at radius 3 is 2.73 bits per heavy atom. The SMILES string of the molecule is COc1ccc(Cn2cnc(-c3nc4c(-c5ccccn5)csc4c(=O)[nH]3)c2)cc1. The first-order valence-corrected chi connectivity index (χ1v) is 10.2. The van der Waals surface area contributed by atoms with Crippen LogP contribution in [0.1, 0.15) is 5.56 Å². The standard InChI is InChI=1S/C22H17N5O2S/c1-29-15-7-5-14(6-8-15)10-27-11-18(24-13-27)21-25-19-16(17-4-2-3-9-23-17)12-30-20(19)22(28)26-21/h2-9,11-13H,10H2,1H3,(H,25,26,28). The van der Waals surface area contributed by atoms with Gasteiger partial charge in [0.1, 0.15) is 16.1 Å². The normalized spacial score (nSPS) is 11.1. The molecule has 0 aliphatic carbocycles. The molecular formula is C22H17N5O2S. The maximum atomic E-state index is 12.6. The molecule has 0 bridgehead atoms. The van der Waals surface area contributed by atoms with Crippen molar-refractivity contribution in [3.05, 3.63) is 82.5 Å². The average molecular weight is 415 g/mol. The maximum absolute atomic E-state index is 12.6. The number of benzene rings is 1. The van der Waals surface area contributed by atoms with E-state index in [1.165, 1.54) is 11.3 Å². The third kappa shape index (κ3) is 3.37. The minimum atomic E-state index is -0.174. The van der Waals surface area contributed by atoms with E-state index in [2.05, 4.69) is 15.0 Å². The monoisotopic (exact) mass is 415 g/mol. The maximum Gasteiger partial charge on any atom is 0.269 e. The van der Waals surface area contributed by atoms with Crippen molar-refractivity contribution in [3.63, 3.8) is 0 Å². The lowest BCUT2D eigenvalue weighted by Gasteiger charge is -2.04. The molecule has 0 atom stereocenters. The molecule has 0 radical (unpaired) electrons. The molecule has 8 heteroatoms. The second-order valence-corrected chi connectivity index (χ2v) is 7.62. The van der Waals surface area contributed by atoms with Crippen LogP contribution in [0.25, 0.3) is 33.0 Å². The van der Waals surface area contributed by atoms with Gasteiger partial charge in [-0.3, -0.25) is 9.78 Å². The predicted octanol–water partition coefficient (Wildman–Crippen LogP) is 3.97. The van der Waals surface area contributed by atoms with Crippen molar-refractivity contribution in [3.8, 4) is 28.5 Å². The van der Waals surface area contributed by atoms with Gasteiger partial charge in [0.2, 0.25) is 0 Å². The highest BCUT2D eigenvalue weighted by atomic mass is 32.1. The molecule has 4 heterocycles. The van der Waals surface area contributed by atoms with E-state index in [1.54, 1.807) is 19.6 Å². The minimum Gasteiger partial charge on any atom is -0.497 e. The molecule has 7 nitrogen and oxygen atoms in total. The minimum absolute atomic E-state index is 0.174. The Balaban J connectivity index is 1.50. The van der Waals surface area contributed by atoms with Gasteiger partial charge in [0.05, 0.1) is 24.6 Å². The van der Waals surface area contributed by atoms with E-state index in [1.807, 2.05) is 58.6 Å². The molecule has 1 aromatic carbocycles. The molecule has 0 aliphatic heterocycles. The van der Waals surface area contributed by atoms with E-state index in [9.17, 15) is 4.79 Å². The van der Waals surface area contributed by atoms with E-state index < -0.39 is 0 Å². The molecule has 4 aromatic heterocycles. The predicted molar refractivity (Wildman–Crippen MR) is 117 cm³/mol. The number of imidazole rings is 1. The van der Waals surface area contributed by atoms with Crippen molar-refractivity contribution in [2.24, 2.45) is 0 Å².